The fourth-order valence-corrected chi connectivity index (χ4v) is 3.52. The van der Waals surface area contributed by atoms with Gasteiger partial charge in [0.25, 0.3) is 0 Å². The Morgan fingerprint density at radius 2 is 1.81 bits per heavy atom. The molecule has 1 aromatic heterocycles. The first-order chi connectivity index (χ1) is 17.4. The largest absolute Gasteiger partial charge is 0.481 e. The van der Waals surface area contributed by atoms with Gasteiger partial charge in [0.1, 0.15) is 28.7 Å². The Morgan fingerprint density at radius 1 is 1.03 bits per heavy atom. The van der Waals surface area contributed by atoms with E-state index < -0.39 is 12.1 Å². The van der Waals surface area contributed by atoms with Crippen LogP contribution in [0.5, 0.6) is 11.5 Å². The van der Waals surface area contributed by atoms with Gasteiger partial charge < -0.3 is 19.1 Å². The van der Waals surface area contributed by atoms with Crippen LogP contribution in [-0.4, -0.2) is 28.9 Å². The van der Waals surface area contributed by atoms with E-state index in [9.17, 15) is 14.0 Å². The zero-order valence-electron chi connectivity index (χ0n) is 19.4. The molecule has 0 saturated carbocycles. The van der Waals surface area contributed by atoms with Crippen molar-refractivity contribution in [2.75, 3.05) is 11.9 Å². The summed E-state index contributed by atoms with van der Waals surface area (Å²) in [4.78, 5) is 23.2. The van der Waals surface area contributed by atoms with Crippen LogP contribution in [0.1, 0.15) is 16.9 Å². The number of carboxylic acid groups (broad SMARTS) is 1. The number of aryl methyl sites for hydroxylation is 1. The maximum atomic E-state index is 13.7. The van der Waals surface area contributed by atoms with Crippen molar-refractivity contribution < 1.29 is 33.1 Å². The molecule has 4 rings (SSSR count). The highest BCUT2D eigenvalue weighted by atomic mass is 19.1. The van der Waals surface area contributed by atoms with E-state index in [0.29, 0.717) is 45.3 Å². The molecule has 8 nitrogen and oxygen atoms in total. The van der Waals surface area contributed by atoms with Crippen molar-refractivity contribution >= 4 is 17.7 Å². The number of carbonyl (C=O) groups is 2. The summed E-state index contributed by atoms with van der Waals surface area (Å²) in [5, 5.41) is 15.6. The SMILES string of the molecule is Cc1onc(-c2ccc(Oc3cccc(CC(=O)O)c3)cc2)c1NC(=O)OCCc1ccccc1F. The molecule has 0 aliphatic heterocycles. The first kappa shape index (κ1) is 24.5. The quantitative estimate of drug-likeness (QED) is 0.296. The molecule has 36 heavy (non-hydrogen) atoms. The molecular weight excluding hydrogens is 467 g/mol. The van der Waals surface area contributed by atoms with Crippen LogP contribution in [-0.2, 0) is 22.4 Å². The van der Waals surface area contributed by atoms with E-state index >= 15 is 0 Å². The van der Waals surface area contributed by atoms with Gasteiger partial charge in [-0.25, -0.2) is 9.18 Å². The number of hydrogen-bond donors (Lipinski definition) is 2. The van der Waals surface area contributed by atoms with Crippen molar-refractivity contribution in [1.82, 2.24) is 5.16 Å². The third-order valence-electron chi connectivity index (χ3n) is 5.27. The van der Waals surface area contributed by atoms with E-state index in [1.165, 1.54) is 6.07 Å². The second kappa shape index (κ2) is 11.2. The van der Waals surface area contributed by atoms with Gasteiger partial charge in [-0.1, -0.05) is 35.5 Å². The number of rotatable bonds is 9. The van der Waals surface area contributed by atoms with Crippen molar-refractivity contribution in [2.24, 2.45) is 0 Å². The van der Waals surface area contributed by atoms with Crippen LogP contribution in [0.15, 0.2) is 77.3 Å². The molecule has 0 aliphatic rings. The van der Waals surface area contributed by atoms with Gasteiger partial charge in [0.15, 0.2) is 5.76 Å². The van der Waals surface area contributed by atoms with Gasteiger partial charge in [-0.15, -0.1) is 0 Å². The Hall–Kier alpha value is -4.66. The van der Waals surface area contributed by atoms with Crippen LogP contribution in [0, 0.1) is 12.7 Å². The summed E-state index contributed by atoms with van der Waals surface area (Å²) in [6, 6.07) is 20.1. The Bertz CT molecular complexity index is 1370. The molecule has 1 heterocycles. The number of carbonyl (C=O) groups excluding carboxylic acids is 1. The fraction of sp³-hybridized carbons (Fsp3) is 0.148. The van der Waals surface area contributed by atoms with Gasteiger partial charge in [0, 0.05) is 12.0 Å². The highest BCUT2D eigenvalue weighted by Gasteiger charge is 2.18. The van der Waals surface area contributed by atoms with E-state index in [0.717, 1.165) is 0 Å². The van der Waals surface area contributed by atoms with E-state index in [-0.39, 0.29) is 25.3 Å². The Labute approximate surface area is 206 Å². The van der Waals surface area contributed by atoms with Crippen molar-refractivity contribution in [3.05, 3.63) is 95.5 Å². The number of amides is 1. The molecular formula is C27H23FN2O6. The number of aliphatic carboxylic acids is 1. The molecule has 1 amide bonds. The molecule has 0 radical (unpaired) electrons. The minimum absolute atomic E-state index is 0.00608. The molecule has 0 unspecified atom stereocenters. The van der Waals surface area contributed by atoms with Crippen LogP contribution >= 0.6 is 0 Å². The Morgan fingerprint density at radius 3 is 2.56 bits per heavy atom. The Kier molecular flexibility index (Phi) is 7.60. The zero-order chi connectivity index (χ0) is 25.5. The molecule has 0 spiro atoms. The summed E-state index contributed by atoms with van der Waals surface area (Å²) in [5.74, 6) is 0.177. The second-order valence-corrected chi connectivity index (χ2v) is 7.91. The van der Waals surface area contributed by atoms with E-state index in [1.807, 2.05) is 0 Å². The van der Waals surface area contributed by atoms with Crippen molar-refractivity contribution in [1.29, 1.82) is 0 Å². The zero-order valence-corrected chi connectivity index (χ0v) is 19.4. The standard InChI is InChI=1S/C27H23FN2O6/c1-17-25(29-27(33)34-14-13-19-6-2-3-8-23(19)28)26(30-36-17)20-9-11-21(12-10-20)35-22-7-4-5-18(15-22)16-24(31)32/h2-12,15H,13-14,16H2,1H3,(H,29,33)(H,31,32). The van der Waals surface area contributed by atoms with Gasteiger partial charge in [0.2, 0.25) is 0 Å². The minimum atomic E-state index is -0.919. The van der Waals surface area contributed by atoms with Crippen LogP contribution in [0.25, 0.3) is 11.3 Å². The number of nitrogens with one attached hydrogen (secondary N) is 1. The molecule has 0 fully saturated rings. The number of ether oxygens (including phenoxy) is 2. The van der Waals surface area contributed by atoms with E-state index in [1.54, 1.807) is 73.7 Å². The van der Waals surface area contributed by atoms with Gasteiger partial charge in [-0.05, 0) is 60.5 Å². The maximum Gasteiger partial charge on any atom is 0.411 e. The lowest BCUT2D eigenvalue weighted by molar-refractivity contribution is -0.136. The number of carboxylic acids is 1. The summed E-state index contributed by atoms with van der Waals surface area (Å²) in [7, 11) is 0. The predicted molar refractivity (Wildman–Crippen MR) is 130 cm³/mol. The first-order valence-electron chi connectivity index (χ1n) is 11.1. The summed E-state index contributed by atoms with van der Waals surface area (Å²) >= 11 is 0. The highest BCUT2D eigenvalue weighted by molar-refractivity contribution is 5.91. The van der Waals surface area contributed by atoms with Gasteiger partial charge in [0.05, 0.1) is 13.0 Å². The molecule has 0 aliphatic carbocycles. The summed E-state index contributed by atoms with van der Waals surface area (Å²) in [6.45, 7) is 1.67. The van der Waals surface area contributed by atoms with Crippen molar-refractivity contribution in [3.63, 3.8) is 0 Å². The van der Waals surface area contributed by atoms with Gasteiger partial charge >= 0.3 is 12.1 Å². The van der Waals surface area contributed by atoms with Crippen LogP contribution in [0.4, 0.5) is 14.9 Å². The maximum absolute atomic E-state index is 13.7. The number of hydrogen-bond acceptors (Lipinski definition) is 6. The molecule has 0 saturated heterocycles. The number of halogens is 1. The first-order valence-corrected chi connectivity index (χ1v) is 11.1. The minimum Gasteiger partial charge on any atom is -0.481 e. The van der Waals surface area contributed by atoms with E-state index in [2.05, 4.69) is 10.5 Å². The lowest BCUT2D eigenvalue weighted by atomic mass is 10.1. The normalized spacial score (nSPS) is 10.6. The van der Waals surface area contributed by atoms with Crippen molar-refractivity contribution in [2.45, 2.75) is 19.8 Å². The predicted octanol–water partition coefficient (Wildman–Crippen LogP) is 6.00. The third kappa shape index (κ3) is 6.26. The number of benzene rings is 3. The van der Waals surface area contributed by atoms with Gasteiger partial charge in [-0.3, -0.25) is 10.1 Å². The number of aromatic nitrogens is 1. The van der Waals surface area contributed by atoms with Crippen LogP contribution < -0.4 is 10.1 Å². The Balaban J connectivity index is 1.39. The molecule has 3 aromatic carbocycles. The number of nitrogens with zero attached hydrogens (tertiary/aromatic N) is 1. The lowest BCUT2D eigenvalue weighted by Gasteiger charge is -2.09. The second-order valence-electron chi connectivity index (χ2n) is 7.91. The highest BCUT2D eigenvalue weighted by Crippen LogP contribution is 2.32. The summed E-state index contributed by atoms with van der Waals surface area (Å²) < 4.78 is 30.0. The monoisotopic (exact) mass is 490 g/mol. The molecule has 4 aromatic rings. The summed E-state index contributed by atoms with van der Waals surface area (Å²) in [6.07, 6.45) is -0.556. The average molecular weight is 490 g/mol. The smallest absolute Gasteiger partial charge is 0.411 e. The molecule has 2 N–H and O–H groups in total. The lowest BCUT2D eigenvalue weighted by Crippen LogP contribution is -2.16. The average Bonchev–Trinajstić information content (AvgIpc) is 3.20. The molecule has 9 heteroatoms. The molecule has 0 atom stereocenters. The topological polar surface area (TPSA) is 111 Å². The van der Waals surface area contributed by atoms with E-state index in [4.69, 9.17) is 19.1 Å². The van der Waals surface area contributed by atoms with Crippen LogP contribution in [0.2, 0.25) is 0 Å². The molecule has 0 bridgehead atoms. The van der Waals surface area contributed by atoms with Gasteiger partial charge in [-0.2, -0.15) is 0 Å². The third-order valence-corrected chi connectivity index (χ3v) is 5.27. The fourth-order valence-electron chi connectivity index (χ4n) is 3.52. The van der Waals surface area contributed by atoms with Crippen LogP contribution in [0.3, 0.4) is 0 Å². The number of anilines is 1. The van der Waals surface area contributed by atoms with Crippen molar-refractivity contribution in [3.8, 4) is 22.8 Å². The summed E-state index contributed by atoms with van der Waals surface area (Å²) in [5.41, 5.74) is 2.53. The molecule has 184 valence electrons.